The molecule has 0 aliphatic carbocycles. The molecule has 1 amide bonds. The minimum absolute atomic E-state index is 0.0901. The molecular weight excluding hydrogens is 468 g/mol. The van der Waals surface area contributed by atoms with Crippen molar-refractivity contribution in [3.8, 4) is 5.75 Å². The van der Waals surface area contributed by atoms with E-state index < -0.39 is 28.3 Å². The van der Waals surface area contributed by atoms with Gasteiger partial charge in [-0.2, -0.15) is 5.10 Å². The van der Waals surface area contributed by atoms with Gasteiger partial charge in [0.25, 0.3) is 5.91 Å². The fourth-order valence-electron chi connectivity index (χ4n) is 3.75. The number of sulfone groups is 1. The van der Waals surface area contributed by atoms with E-state index >= 15 is 0 Å². The summed E-state index contributed by atoms with van der Waals surface area (Å²) in [6.45, 7) is -0.509. The normalized spacial score (nSPS) is 15.4. The topological polar surface area (TPSA) is 102 Å². The molecule has 1 aliphatic heterocycles. The van der Waals surface area contributed by atoms with Crippen LogP contribution in [-0.4, -0.2) is 51.0 Å². The molecule has 0 saturated carbocycles. The molecule has 0 unspecified atom stereocenters. The van der Waals surface area contributed by atoms with Gasteiger partial charge in [-0.25, -0.2) is 18.2 Å². The Morgan fingerprint density at radius 1 is 0.971 bits per heavy atom. The maximum Gasteiger partial charge on any atom is 0.338 e. The Labute approximate surface area is 203 Å². The van der Waals surface area contributed by atoms with Gasteiger partial charge in [0, 0.05) is 12.7 Å². The van der Waals surface area contributed by atoms with Gasteiger partial charge in [-0.3, -0.25) is 4.79 Å². The average Bonchev–Trinajstić information content (AvgIpc) is 3.33. The van der Waals surface area contributed by atoms with Crippen LogP contribution in [0.3, 0.4) is 0 Å². The van der Waals surface area contributed by atoms with Crippen LogP contribution in [-0.2, 0) is 19.4 Å². The third-order valence-corrected chi connectivity index (χ3v) is 6.75. The molecule has 1 heterocycles. The van der Waals surface area contributed by atoms with Crippen molar-refractivity contribution in [3.63, 3.8) is 0 Å². The highest BCUT2D eigenvalue weighted by atomic mass is 32.2. The van der Waals surface area contributed by atoms with Gasteiger partial charge in [-0.1, -0.05) is 42.5 Å². The van der Waals surface area contributed by atoms with Gasteiger partial charge in [0.2, 0.25) is 0 Å². The Morgan fingerprint density at radius 2 is 1.63 bits per heavy atom. The van der Waals surface area contributed by atoms with Crippen molar-refractivity contribution in [2.75, 3.05) is 20.0 Å². The zero-order chi connectivity index (χ0) is 25.0. The molecule has 1 atom stereocenters. The average molecular weight is 493 g/mol. The zero-order valence-corrected chi connectivity index (χ0v) is 20.1. The van der Waals surface area contributed by atoms with E-state index in [-0.39, 0.29) is 16.5 Å². The maximum absolute atomic E-state index is 13.1. The number of ether oxygens (including phenoxy) is 2. The van der Waals surface area contributed by atoms with Crippen molar-refractivity contribution in [1.82, 2.24) is 5.01 Å². The predicted molar refractivity (Wildman–Crippen MR) is 130 cm³/mol. The van der Waals surface area contributed by atoms with E-state index in [1.54, 1.807) is 7.11 Å². The molecular formula is C26H24N2O6S. The van der Waals surface area contributed by atoms with E-state index in [2.05, 4.69) is 5.10 Å². The van der Waals surface area contributed by atoms with E-state index in [1.807, 2.05) is 54.6 Å². The molecule has 0 N–H and O–H groups in total. The van der Waals surface area contributed by atoms with Gasteiger partial charge >= 0.3 is 5.97 Å². The van der Waals surface area contributed by atoms with Crippen LogP contribution in [0.15, 0.2) is 88.9 Å². The first-order valence-corrected chi connectivity index (χ1v) is 12.7. The summed E-state index contributed by atoms with van der Waals surface area (Å²) in [6, 6.07) is 22.0. The number of esters is 1. The number of benzene rings is 3. The molecule has 0 radical (unpaired) electrons. The predicted octanol–water partition coefficient (Wildman–Crippen LogP) is 3.63. The number of hydrogen-bond acceptors (Lipinski definition) is 7. The van der Waals surface area contributed by atoms with E-state index in [0.29, 0.717) is 12.2 Å². The molecule has 4 rings (SSSR count). The summed E-state index contributed by atoms with van der Waals surface area (Å²) in [5, 5.41) is 5.91. The summed E-state index contributed by atoms with van der Waals surface area (Å²) in [5.41, 5.74) is 2.68. The minimum Gasteiger partial charge on any atom is -0.497 e. The Kier molecular flexibility index (Phi) is 6.97. The number of amides is 1. The zero-order valence-electron chi connectivity index (χ0n) is 19.2. The monoisotopic (exact) mass is 492 g/mol. The first-order chi connectivity index (χ1) is 16.8. The highest BCUT2D eigenvalue weighted by molar-refractivity contribution is 7.90. The smallest absolute Gasteiger partial charge is 0.338 e. The van der Waals surface area contributed by atoms with Gasteiger partial charge in [0.1, 0.15) is 5.75 Å². The number of hydrogen-bond donors (Lipinski definition) is 0. The van der Waals surface area contributed by atoms with E-state index in [1.165, 1.54) is 29.3 Å². The van der Waals surface area contributed by atoms with Crippen molar-refractivity contribution in [2.24, 2.45) is 5.10 Å². The molecule has 0 saturated heterocycles. The number of hydrazone groups is 1. The quantitative estimate of drug-likeness (QED) is 0.467. The third-order valence-electron chi connectivity index (χ3n) is 5.62. The Morgan fingerprint density at radius 3 is 2.23 bits per heavy atom. The summed E-state index contributed by atoms with van der Waals surface area (Å²) >= 11 is 0. The highest BCUT2D eigenvalue weighted by Crippen LogP contribution is 2.33. The van der Waals surface area contributed by atoms with E-state index in [0.717, 1.165) is 23.1 Å². The Bertz CT molecular complexity index is 1350. The van der Waals surface area contributed by atoms with Crippen LogP contribution in [0, 0.1) is 0 Å². The second kappa shape index (κ2) is 10.1. The lowest BCUT2D eigenvalue weighted by atomic mass is 9.98. The van der Waals surface area contributed by atoms with Gasteiger partial charge in [-0.05, 0) is 47.5 Å². The molecule has 9 heteroatoms. The second-order valence-corrected chi connectivity index (χ2v) is 10.0. The molecule has 1 aliphatic rings. The molecule has 0 spiro atoms. The van der Waals surface area contributed by atoms with Gasteiger partial charge < -0.3 is 9.47 Å². The van der Waals surface area contributed by atoms with Gasteiger partial charge in [0.15, 0.2) is 16.4 Å². The van der Waals surface area contributed by atoms with Crippen molar-refractivity contribution in [1.29, 1.82) is 0 Å². The number of carbonyl (C=O) groups excluding carboxylic acids is 2. The maximum atomic E-state index is 13.1. The fraction of sp³-hybridized carbons (Fsp3) is 0.192. The lowest BCUT2D eigenvalue weighted by Crippen LogP contribution is -2.31. The van der Waals surface area contributed by atoms with Crippen LogP contribution in [0.1, 0.15) is 33.9 Å². The summed E-state index contributed by atoms with van der Waals surface area (Å²) in [6.07, 6.45) is 1.58. The lowest BCUT2D eigenvalue weighted by molar-refractivity contribution is -0.136. The number of nitrogens with zero attached hydrogens (tertiary/aromatic N) is 2. The SMILES string of the molecule is COc1ccc([C@@H]2CC(c3ccccc3)=NN2C(=O)COC(=O)c2ccc(S(C)(=O)=O)cc2)cc1. The van der Waals surface area contributed by atoms with Crippen molar-refractivity contribution >= 4 is 27.4 Å². The van der Waals surface area contributed by atoms with Crippen LogP contribution in [0.2, 0.25) is 0 Å². The molecule has 3 aromatic rings. The second-order valence-electron chi connectivity index (χ2n) is 8.02. The number of rotatable bonds is 7. The van der Waals surface area contributed by atoms with Crippen LogP contribution < -0.4 is 4.74 Å². The van der Waals surface area contributed by atoms with Crippen LogP contribution in [0.5, 0.6) is 5.75 Å². The molecule has 3 aromatic carbocycles. The Balaban J connectivity index is 1.51. The summed E-state index contributed by atoms with van der Waals surface area (Å²) in [4.78, 5) is 25.6. The third kappa shape index (κ3) is 5.58. The van der Waals surface area contributed by atoms with E-state index in [9.17, 15) is 18.0 Å². The molecule has 180 valence electrons. The van der Waals surface area contributed by atoms with Gasteiger partial charge in [-0.15, -0.1) is 0 Å². The molecule has 35 heavy (non-hydrogen) atoms. The Hall–Kier alpha value is -3.98. The van der Waals surface area contributed by atoms with Crippen LogP contribution in [0.25, 0.3) is 0 Å². The number of methoxy groups -OCH3 is 1. The van der Waals surface area contributed by atoms with Crippen LogP contribution >= 0.6 is 0 Å². The standard InChI is InChI=1S/C26H24N2O6S/c1-33-21-12-8-19(9-13-21)24-16-23(18-6-4-3-5-7-18)27-28(24)25(29)17-34-26(30)20-10-14-22(15-11-20)35(2,31)32/h3-15,24H,16-17H2,1-2H3/t24-/m0/s1. The molecule has 0 bridgehead atoms. The lowest BCUT2D eigenvalue weighted by Gasteiger charge is -2.22. The summed E-state index contributed by atoms with van der Waals surface area (Å²) < 4.78 is 33.7. The van der Waals surface area contributed by atoms with Gasteiger partial charge in [0.05, 0.1) is 29.3 Å². The minimum atomic E-state index is -3.38. The largest absolute Gasteiger partial charge is 0.497 e. The van der Waals surface area contributed by atoms with Crippen molar-refractivity contribution < 1.29 is 27.5 Å². The van der Waals surface area contributed by atoms with Crippen molar-refractivity contribution in [3.05, 3.63) is 95.6 Å². The molecule has 8 nitrogen and oxygen atoms in total. The fourth-order valence-corrected chi connectivity index (χ4v) is 4.38. The molecule has 0 fully saturated rings. The summed E-state index contributed by atoms with van der Waals surface area (Å²) in [7, 11) is -1.80. The molecule has 0 aromatic heterocycles. The summed E-state index contributed by atoms with van der Waals surface area (Å²) in [5.74, 6) is -0.506. The van der Waals surface area contributed by atoms with Crippen molar-refractivity contribution in [2.45, 2.75) is 17.4 Å². The first-order valence-electron chi connectivity index (χ1n) is 10.8. The van der Waals surface area contributed by atoms with E-state index in [4.69, 9.17) is 9.47 Å². The highest BCUT2D eigenvalue weighted by Gasteiger charge is 2.33. The van der Waals surface area contributed by atoms with Crippen LogP contribution in [0.4, 0.5) is 0 Å². The first kappa shape index (κ1) is 24.2. The number of carbonyl (C=O) groups is 2.